The lowest BCUT2D eigenvalue weighted by Crippen LogP contribution is -2.34. The van der Waals surface area contributed by atoms with Gasteiger partial charge in [-0.1, -0.05) is 88.6 Å². The van der Waals surface area contributed by atoms with Gasteiger partial charge < -0.3 is 0 Å². The summed E-state index contributed by atoms with van der Waals surface area (Å²) < 4.78 is 0. The van der Waals surface area contributed by atoms with Crippen molar-refractivity contribution in [3.05, 3.63) is 0 Å². The highest BCUT2D eigenvalue weighted by Crippen LogP contribution is 2.53. The Labute approximate surface area is 111 Å². The van der Waals surface area contributed by atoms with Gasteiger partial charge in [-0.25, -0.2) is 0 Å². The Bertz CT molecular complexity index is 222. The van der Waals surface area contributed by atoms with Gasteiger partial charge >= 0.3 is 0 Å². The van der Waals surface area contributed by atoms with Gasteiger partial charge in [-0.3, -0.25) is 0 Å². The summed E-state index contributed by atoms with van der Waals surface area (Å²) in [7, 11) is 1.26. The largest absolute Gasteiger partial charge is 0.134 e. The van der Waals surface area contributed by atoms with Crippen LogP contribution in [0.2, 0.25) is 29.3 Å². The normalized spacial score (nSPS) is 47.8. The van der Waals surface area contributed by atoms with Gasteiger partial charge in [0.25, 0.3) is 0 Å². The maximum absolute atomic E-state index is 2.59. The van der Waals surface area contributed by atoms with Crippen LogP contribution in [0.25, 0.3) is 0 Å². The molecular weight excluding hydrogens is 219 g/mol. The van der Waals surface area contributed by atoms with Crippen molar-refractivity contribution < 1.29 is 0 Å². The molecule has 0 nitrogen and oxygen atoms in total. The molecule has 0 aromatic rings. The number of rotatable bonds is 2. The molecule has 1 saturated heterocycles. The Balaban J connectivity index is 1.91. The highest BCUT2D eigenvalue weighted by Gasteiger charge is 2.40. The van der Waals surface area contributed by atoms with Crippen molar-refractivity contribution in [2.24, 2.45) is 5.92 Å². The summed E-state index contributed by atoms with van der Waals surface area (Å²) in [6.07, 6.45) is 9.06. The quantitative estimate of drug-likeness (QED) is 0.626. The van der Waals surface area contributed by atoms with Crippen LogP contribution >= 0.6 is 0 Å². The number of hydrogen-bond donors (Lipinski definition) is 0. The molecule has 1 saturated carbocycles. The first-order chi connectivity index (χ1) is 7.91. The van der Waals surface area contributed by atoms with Gasteiger partial charge in [-0.15, -0.1) is 0 Å². The Hall–Kier alpha value is 0.282. The third-order valence-electron chi connectivity index (χ3n) is 5.82. The zero-order chi connectivity index (χ0) is 12.5. The van der Waals surface area contributed by atoms with E-state index in [-0.39, 0.29) is 8.80 Å². The van der Waals surface area contributed by atoms with Crippen LogP contribution in [0, 0.1) is 5.92 Å². The summed E-state index contributed by atoms with van der Waals surface area (Å²) in [4.78, 5) is 0. The lowest BCUT2D eigenvalue weighted by atomic mass is 9.35. The average Bonchev–Trinajstić information content (AvgIpc) is 2.28. The van der Waals surface area contributed by atoms with Crippen LogP contribution in [-0.2, 0) is 0 Å². The van der Waals surface area contributed by atoms with Crippen LogP contribution in [0.1, 0.15) is 59.3 Å². The Morgan fingerprint density at radius 1 is 0.941 bits per heavy atom. The van der Waals surface area contributed by atoms with E-state index in [2.05, 4.69) is 27.3 Å². The molecule has 0 unspecified atom stereocenters. The molecule has 0 spiro atoms. The van der Waals surface area contributed by atoms with Crippen molar-refractivity contribution >= 4 is 16.1 Å². The highest BCUT2D eigenvalue weighted by atomic mass is 28.3. The molecule has 98 valence electrons. The standard InChI is InChI=1S/C15H31BSi/c1-13-5-7-14(2,8-6-13)16-15(3)9-11-17(4)12-10-15/h13,16-17H,5-12H2,1-4H3/t13-,14+,15-,17+. The predicted molar refractivity (Wildman–Crippen MR) is 83.4 cm³/mol. The average molecular weight is 250 g/mol. The Kier molecular flexibility index (Phi) is 4.12. The molecule has 2 heteroatoms. The third-order valence-corrected chi connectivity index (χ3v) is 8.36. The van der Waals surface area contributed by atoms with Crippen LogP contribution in [0.15, 0.2) is 0 Å². The minimum atomic E-state index is -0.266. The third kappa shape index (κ3) is 3.62. The molecular formula is C15H31BSi. The smallest absolute Gasteiger partial charge is 0.0720 e. The van der Waals surface area contributed by atoms with Gasteiger partial charge in [0.05, 0.1) is 0 Å². The monoisotopic (exact) mass is 250 g/mol. The number of hydrogen-bond acceptors (Lipinski definition) is 0. The van der Waals surface area contributed by atoms with Crippen molar-refractivity contribution in [1.82, 2.24) is 0 Å². The molecule has 0 amide bonds. The van der Waals surface area contributed by atoms with E-state index < -0.39 is 0 Å². The molecule has 2 aliphatic rings. The van der Waals surface area contributed by atoms with E-state index in [9.17, 15) is 0 Å². The zero-order valence-corrected chi connectivity index (χ0v) is 13.7. The lowest BCUT2D eigenvalue weighted by Gasteiger charge is -2.44. The van der Waals surface area contributed by atoms with E-state index in [1.165, 1.54) is 33.0 Å². The fourth-order valence-corrected chi connectivity index (χ4v) is 6.97. The van der Waals surface area contributed by atoms with Crippen LogP contribution in [0.3, 0.4) is 0 Å². The van der Waals surface area contributed by atoms with E-state index in [1.54, 1.807) is 24.9 Å². The second-order valence-corrected chi connectivity index (χ2v) is 11.5. The van der Waals surface area contributed by atoms with Gasteiger partial charge in [0, 0.05) is 8.80 Å². The second-order valence-electron chi connectivity index (χ2n) is 8.16. The van der Waals surface area contributed by atoms with Gasteiger partial charge in [-0.05, 0) is 5.92 Å². The Morgan fingerprint density at radius 3 is 1.94 bits per heavy atom. The summed E-state index contributed by atoms with van der Waals surface area (Å²) in [6, 6.07) is 3.23. The molecule has 0 N–H and O–H groups in total. The summed E-state index contributed by atoms with van der Waals surface area (Å²) in [5.74, 6) is 0.995. The predicted octanol–water partition coefficient (Wildman–Crippen LogP) is 4.64. The molecule has 1 aliphatic carbocycles. The molecule has 1 heterocycles. The summed E-state index contributed by atoms with van der Waals surface area (Å²) in [6.45, 7) is 10.2. The summed E-state index contributed by atoms with van der Waals surface area (Å²) in [5.41, 5.74) is 0. The molecule has 0 atom stereocenters. The SMILES string of the molecule is C[C@H]1CC[C@@](C)(B[C@]2(C)CC[Si@H](C)CC2)CC1. The maximum Gasteiger partial charge on any atom is 0.134 e. The van der Waals surface area contributed by atoms with E-state index >= 15 is 0 Å². The Morgan fingerprint density at radius 2 is 1.41 bits per heavy atom. The lowest BCUT2D eigenvalue weighted by molar-refractivity contribution is 0.311. The van der Waals surface area contributed by atoms with Gasteiger partial charge in [0.2, 0.25) is 0 Å². The molecule has 0 bridgehead atoms. The second kappa shape index (κ2) is 5.11. The molecule has 17 heavy (non-hydrogen) atoms. The first kappa shape index (κ1) is 13.7. The fourth-order valence-electron chi connectivity index (χ4n) is 4.30. The van der Waals surface area contributed by atoms with Gasteiger partial charge in [0.15, 0.2) is 0 Å². The van der Waals surface area contributed by atoms with Gasteiger partial charge in [-0.2, -0.15) is 0 Å². The van der Waals surface area contributed by atoms with Crippen molar-refractivity contribution in [3.63, 3.8) is 0 Å². The minimum Gasteiger partial charge on any atom is -0.0720 e. The van der Waals surface area contributed by atoms with Crippen molar-refractivity contribution in [3.8, 4) is 0 Å². The fraction of sp³-hybridized carbons (Fsp3) is 1.00. The van der Waals surface area contributed by atoms with Crippen molar-refractivity contribution in [2.75, 3.05) is 0 Å². The highest BCUT2D eigenvalue weighted by molar-refractivity contribution is 6.58. The van der Waals surface area contributed by atoms with Crippen LogP contribution in [-0.4, -0.2) is 16.1 Å². The van der Waals surface area contributed by atoms with E-state index in [1.807, 2.05) is 0 Å². The minimum absolute atomic E-state index is 0.266. The van der Waals surface area contributed by atoms with E-state index in [0.717, 1.165) is 5.92 Å². The topological polar surface area (TPSA) is 0 Å². The molecule has 2 rings (SSSR count). The van der Waals surface area contributed by atoms with E-state index in [4.69, 9.17) is 0 Å². The first-order valence-electron chi connectivity index (χ1n) is 7.91. The van der Waals surface area contributed by atoms with Crippen molar-refractivity contribution in [2.45, 2.75) is 88.6 Å². The van der Waals surface area contributed by atoms with Crippen LogP contribution in [0.5, 0.6) is 0 Å². The molecule has 0 radical (unpaired) electrons. The van der Waals surface area contributed by atoms with E-state index in [0.29, 0.717) is 10.6 Å². The molecule has 2 fully saturated rings. The summed E-state index contributed by atoms with van der Waals surface area (Å²) >= 11 is 0. The van der Waals surface area contributed by atoms with Gasteiger partial charge in [0.1, 0.15) is 7.28 Å². The molecule has 0 aromatic carbocycles. The van der Waals surface area contributed by atoms with Crippen molar-refractivity contribution in [1.29, 1.82) is 0 Å². The molecule has 0 aromatic heterocycles. The maximum atomic E-state index is 2.59. The summed E-state index contributed by atoms with van der Waals surface area (Å²) in [5, 5.41) is 1.39. The zero-order valence-electron chi connectivity index (χ0n) is 12.5. The van der Waals surface area contributed by atoms with Crippen LogP contribution in [0.4, 0.5) is 0 Å². The van der Waals surface area contributed by atoms with Crippen LogP contribution < -0.4 is 0 Å². The first-order valence-corrected chi connectivity index (χ1v) is 10.7. The molecule has 1 aliphatic heterocycles.